The van der Waals surface area contributed by atoms with Gasteiger partial charge in [-0.1, -0.05) is 0 Å². The van der Waals surface area contributed by atoms with Gasteiger partial charge in [0.2, 0.25) is 5.91 Å². The normalized spacial score (nSPS) is 10.2. The Balaban J connectivity index is 2.65. The van der Waals surface area contributed by atoms with Gasteiger partial charge in [0.1, 0.15) is 0 Å². The number of anilines is 2. The van der Waals surface area contributed by atoms with Crippen LogP contribution in [0.25, 0.3) is 0 Å². The van der Waals surface area contributed by atoms with Crippen molar-refractivity contribution in [1.29, 1.82) is 0 Å². The lowest BCUT2D eigenvalue weighted by molar-refractivity contribution is -0.120. The van der Waals surface area contributed by atoms with Gasteiger partial charge in [-0.2, -0.15) is 0 Å². The van der Waals surface area contributed by atoms with Crippen LogP contribution in [-0.4, -0.2) is 38.5 Å². The van der Waals surface area contributed by atoms with E-state index in [0.29, 0.717) is 11.3 Å². The Hall–Kier alpha value is -2.24. The third-order valence-corrected chi connectivity index (χ3v) is 2.63. The van der Waals surface area contributed by atoms with E-state index in [1.54, 1.807) is 18.2 Å². The van der Waals surface area contributed by atoms with Crippen LogP contribution in [0.2, 0.25) is 0 Å². The highest BCUT2D eigenvalue weighted by atomic mass is 16.2. The molecule has 0 radical (unpaired) electrons. The van der Waals surface area contributed by atoms with Crippen molar-refractivity contribution in [2.75, 3.05) is 31.3 Å². The first-order valence-electron chi connectivity index (χ1n) is 6.45. The second-order valence-corrected chi connectivity index (χ2v) is 5.07. The van der Waals surface area contributed by atoms with E-state index in [4.69, 9.17) is 5.73 Å². The highest BCUT2D eigenvalue weighted by molar-refractivity contribution is 5.98. The quantitative estimate of drug-likeness (QED) is 0.688. The molecule has 0 aromatic heterocycles. The van der Waals surface area contributed by atoms with Crippen molar-refractivity contribution in [2.45, 2.75) is 19.9 Å². The number of carbonyl (C=O) groups excluding carboxylic acids is 2. The summed E-state index contributed by atoms with van der Waals surface area (Å²) in [5, 5.41) is 5.26. The van der Waals surface area contributed by atoms with Crippen LogP contribution in [0.3, 0.4) is 0 Å². The van der Waals surface area contributed by atoms with Crippen LogP contribution in [0, 0.1) is 0 Å². The van der Waals surface area contributed by atoms with Crippen LogP contribution < -0.4 is 21.3 Å². The molecule has 0 atom stereocenters. The van der Waals surface area contributed by atoms with Gasteiger partial charge in [0.05, 0.1) is 17.9 Å². The molecule has 2 amide bonds. The van der Waals surface area contributed by atoms with E-state index in [2.05, 4.69) is 10.6 Å². The van der Waals surface area contributed by atoms with E-state index >= 15 is 0 Å². The average Bonchev–Trinajstić information content (AvgIpc) is 2.34. The van der Waals surface area contributed by atoms with Crippen molar-refractivity contribution in [3.8, 4) is 0 Å². The first-order valence-corrected chi connectivity index (χ1v) is 6.45. The zero-order valence-electron chi connectivity index (χ0n) is 12.4. The summed E-state index contributed by atoms with van der Waals surface area (Å²) in [5.74, 6) is -0.535. The van der Waals surface area contributed by atoms with E-state index in [1.807, 2.05) is 32.8 Å². The fourth-order valence-corrected chi connectivity index (χ4v) is 1.74. The molecule has 4 N–H and O–H groups in total. The summed E-state index contributed by atoms with van der Waals surface area (Å²) >= 11 is 0. The number of amides is 2. The van der Waals surface area contributed by atoms with E-state index in [9.17, 15) is 9.59 Å². The molecule has 1 aromatic rings. The van der Waals surface area contributed by atoms with Crippen molar-refractivity contribution < 1.29 is 9.59 Å². The molecular formula is C14H22N4O2. The van der Waals surface area contributed by atoms with Gasteiger partial charge in [-0.15, -0.1) is 0 Å². The topological polar surface area (TPSA) is 87.5 Å². The van der Waals surface area contributed by atoms with Gasteiger partial charge in [-0.05, 0) is 32.0 Å². The Bertz CT molecular complexity index is 498. The van der Waals surface area contributed by atoms with Gasteiger partial charge in [0, 0.05) is 25.7 Å². The van der Waals surface area contributed by atoms with Crippen LogP contribution in [0.1, 0.15) is 24.2 Å². The smallest absolute Gasteiger partial charge is 0.251 e. The lowest BCUT2D eigenvalue weighted by Gasteiger charge is -2.16. The third-order valence-electron chi connectivity index (χ3n) is 2.63. The fraction of sp³-hybridized carbons (Fsp3) is 0.429. The number of hydrogen-bond acceptors (Lipinski definition) is 4. The molecular weight excluding hydrogens is 256 g/mol. The predicted molar refractivity (Wildman–Crippen MR) is 80.8 cm³/mol. The first-order chi connectivity index (χ1) is 9.31. The molecule has 0 saturated carbocycles. The summed E-state index contributed by atoms with van der Waals surface area (Å²) in [6, 6.07) is 5.11. The number of carbonyl (C=O) groups is 2. The molecule has 0 unspecified atom stereocenters. The Morgan fingerprint density at radius 3 is 2.45 bits per heavy atom. The number of nitrogens with zero attached hydrogens (tertiary/aromatic N) is 1. The zero-order chi connectivity index (χ0) is 15.3. The van der Waals surface area contributed by atoms with Crippen molar-refractivity contribution in [3.63, 3.8) is 0 Å². The van der Waals surface area contributed by atoms with Gasteiger partial charge < -0.3 is 21.3 Å². The molecule has 110 valence electrons. The maximum atomic E-state index is 11.9. The Morgan fingerprint density at radius 2 is 1.95 bits per heavy atom. The molecule has 1 aromatic carbocycles. The van der Waals surface area contributed by atoms with Crippen molar-refractivity contribution >= 4 is 23.2 Å². The number of benzene rings is 1. The molecule has 0 aliphatic rings. The van der Waals surface area contributed by atoms with Crippen LogP contribution in [0.5, 0.6) is 0 Å². The molecule has 6 nitrogen and oxygen atoms in total. The van der Waals surface area contributed by atoms with Crippen molar-refractivity contribution in [2.24, 2.45) is 0 Å². The minimum atomic E-state index is -0.319. The summed E-state index contributed by atoms with van der Waals surface area (Å²) in [6.45, 7) is 3.67. The first kappa shape index (κ1) is 15.8. The number of nitrogens with two attached hydrogens (primary N) is 1. The molecule has 0 bridgehead atoms. The molecule has 0 spiro atoms. The monoisotopic (exact) mass is 278 g/mol. The average molecular weight is 278 g/mol. The molecule has 20 heavy (non-hydrogen) atoms. The lowest BCUT2D eigenvalue weighted by Crippen LogP contribution is -2.39. The number of hydrogen-bond donors (Lipinski definition) is 3. The van der Waals surface area contributed by atoms with E-state index < -0.39 is 0 Å². The molecule has 0 aliphatic carbocycles. The molecule has 0 saturated heterocycles. The third kappa shape index (κ3) is 4.46. The minimum absolute atomic E-state index is 0.0493. The van der Waals surface area contributed by atoms with Crippen LogP contribution in [-0.2, 0) is 4.79 Å². The highest BCUT2D eigenvalue weighted by Crippen LogP contribution is 2.22. The van der Waals surface area contributed by atoms with Gasteiger partial charge >= 0.3 is 0 Å². The minimum Gasteiger partial charge on any atom is -0.397 e. The van der Waals surface area contributed by atoms with Gasteiger partial charge in [0.25, 0.3) is 5.91 Å². The maximum absolute atomic E-state index is 11.9. The SMILES string of the molecule is CC(C)NC(=O)CNC(=O)c1ccc(N(C)C)c(N)c1. The Labute approximate surface area is 119 Å². The summed E-state index contributed by atoms with van der Waals surface area (Å²) in [6.07, 6.45) is 0. The Kier molecular flexibility index (Phi) is 5.37. The molecule has 0 fully saturated rings. The standard InChI is InChI=1S/C14H22N4O2/c1-9(2)17-13(19)8-16-14(20)10-5-6-12(18(3)4)11(15)7-10/h5-7,9H,8,15H2,1-4H3,(H,16,20)(H,17,19). The van der Waals surface area contributed by atoms with Crippen LogP contribution in [0.15, 0.2) is 18.2 Å². The number of rotatable bonds is 5. The zero-order valence-corrected chi connectivity index (χ0v) is 12.4. The summed E-state index contributed by atoms with van der Waals surface area (Å²) in [5.41, 5.74) is 7.69. The molecule has 6 heteroatoms. The van der Waals surface area contributed by atoms with E-state index in [1.165, 1.54) is 0 Å². The predicted octanol–water partition coefficient (Wildman–Crippen LogP) is 0.589. The Morgan fingerprint density at radius 1 is 1.30 bits per heavy atom. The maximum Gasteiger partial charge on any atom is 0.251 e. The number of nitrogen functional groups attached to an aromatic ring is 1. The molecule has 1 rings (SSSR count). The summed E-state index contributed by atoms with van der Waals surface area (Å²) < 4.78 is 0. The van der Waals surface area contributed by atoms with Crippen molar-refractivity contribution in [1.82, 2.24) is 10.6 Å². The second-order valence-electron chi connectivity index (χ2n) is 5.07. The molecule has 0 heterocycles. The largest absolute Gasteiger partial charge is 0.397 e. The lowest BCUT2D eigenvalue weighted by atomic mass is 10.1. The molecule has 0 aliphatic heterocycles. The van der Waals surface area contributed by atoms with Crippen LogP contribution in [0.4, 0.5) is 11.4 Å². The summed E-state index contributed by atoms with van der Waals surface area (Å²) in [4.78, 5) is 25.2. The fourth-order valence-electron chi connectivity index (χ4n) is 1.74. The van der Waals surface area contributed by atoms with E-state index in [0.717, 1.165) is 5.69 Å². The van der Waals surface area contributed by atoms with Crippen molar-refractivity contribution in [3.05, 3.63) is 23.8 Å². The van der Waals surface area contributed by atoms with Gasteiger partial charge in [0.15, 0.2) is 0 Å². The number of nitrogens with one attached hydrogen (secondary N) is 2. The highest BCUT2D eigenvalue weighted by Gasteiger charge is 2.11. The van der Waals surface area contributed by atoms with Crippen LogP contribution >= 0.6 is 0 Å². The summed E-state index contributed by atoms with van der Waals surface area (Å²) in [7, 11) is 3.75. The van der Waals surface area contributed by atoms with Gasteiger partial charge in [-0.25, -0.2) is 0 Å². The van der Waals surface area contributed by atoms with E-state index in [-0.39, 0.29) is 24.4 Å². The van der Waals surface area contributed by atoms with Gasteiger partial charge in [-0.3, -0.25) is 9.59 Å². The second kappa shape index (κ2) is 6.79.